The van der Waals surface area contributed by atoms with Gasteiger partial charge < -0.3 is 14.8 Å². The maximum absolute atomic E-state index is 5.89. The standard InChI is InChI=1S/C17H25NO2/c1-12-10-19-16-7-6-14(9-17(16)20-11-12)15(18-2)8-13-4-3-5-13/h6-7,9,12-13,15,18H,3-5,8,10-11H2,1-2H3. The Morgan fingerprint density at radius 3 is 2.60 bits per heavy atom. The molecule has 0 bridgehead atoms. The Bertz CT molecular complexity index is 456. The lowest BCUT2D eigenvalue weighted by Crippen LogP contribution is -2.23. The van der Waals surface area contributed by atoms with Crippen LogP contribution < -0.4 is 14.8 Å². The molecule has 2 atom stereocenters. The van der Waals surface area contributed by atoms with E-state index in [1.165, 1.54) is 31.2 Å². The smallest absolute Gasteiger partial charge is 0.161 e. The molecule has 0 saturated heterocycles. The van der Waals surface area contributed by atoms with Crippen molar-refractivity contribution in [1.29, 1.82) is 0 Å². The Labute approximate surface area is 121 Å². The lowest BCUT2D eigenvalue weighted by atomic mass is 9.79. The molecule has 3 rings (SSSR count). The second-order valence-corrected chi connectivity index (χ2v) is 6.31. The zero-order valence-corrected chi connectivity index (χ0v) is 12.5. The first kappa shape index (κ1) is 13.7. The molecule has 1 heterocycles. The molecule has 110 valence electrons. The van der Waals surface area contributed by atoms with E-state index < -0.39 is 0 Å². The first-order valence-electron chi connectivity index (χ1n) is 7.83. The van der Waals surface area contributed by atoms with Crippen molar-refractivity contribution in [1.82, 2.24) is 5.32 Å². The largest absolute Gasteiger partial charge is 0.489 e. The highest BCUT2D eigenvalue weighted by molar-refractivity contribution is 5.44. The molecule has 0 aromatic heterocycles. The monoisotopic (exact) mass is 275 g/mol. The predicted molar refractivity (Wildman–Crippen MR) is 80.4 cm³/mol. The van der Waals surface area contributed by atoms with Crippen molar-refractivity contribution in [2.75, 3.05) is 20.3 Å². The highest BCUT2D eigenvalue weighted by Gasteiger charge is 2.23. The van der Waals surface area contributed by atoms with Gasteiger partial charge in [-0.1, -0.05) is 32.3 Å². The summed E-state index contributed by atoms with van der Waals surface area (Å²) in [6.45, 7) is 3.63. The van der Waals surface area contributed by atoms with Crippen LogP contribution >= 0.6 is 0 Å². The van der Waals surface area contributed by atoms with Gasteiger partial charge in [0.15, 0.2) is 11.5 Å². The van der Waals surface area contributed by atoms with Crippen LogP contribution in [0.2, 0.25) is 0 Å². The molecular weight excluding hydrogens is 250 g/mol. The summed E-state index contributed by atoms with van der Waals surface area (Å²) in [5.74, 6) is 3.13. The van der Waals surface area contributed by atoms with E-state index in [9.17, 15) is 0 Å². The Hall–Kier alpha value is -1.22. The molecule has 20 heavy (non-hydrogen) atoms. The lowest BCUT2D eigenvalue weighted by molar-refractivity contribution is 0.228. The number of ether oxygens (including phenoxy) is 2. The van der Waals surface area contributed by atoms with Crippen LogP contribution in [-0.4, -0.2) is 20.3 Å². The van der Waals surface area contributed by atoms with Gasteiger partial charge >= 0.3 is 0 Å². The second kappa shape index (κ2) is 6.04. The number of rotatable bonds is 4. The molecule has 1 aliphatic heterocycles. The van der Waals surface area contributed by atoms with Crippen LogP contribution in [0.1, 0.15) is 44.2 Å². The number of hydrogen-bond donors (Lipinski definition) is 1. The summed E-state index contributed by atoms with van der Waals surface area (Å²) in [5.41, 5.74) is 1.32. The van der Waals surface area contributed by atoms with Gasteiger partial charge in [-0.15, -0.1) is 0 Å². The fourth-order valence-corrected chi connectivity index (χ4v) is 2.97. The predicted octanol–water partition coefficient (Wildman–Crippen LogP) is 3.54. The van der Waals surface area contributed by atoms with Gasteiger partial charge in [-0.2, -0.15) is 0 Å². The van der Waals surface area contributed by atoms with Gasteiger partial charge in [0.2, 0.25) is 0 Å². The van der Waals surface area contributed by atoms with E-state index in [-0.39, 0.29) is 0 Å². The van der Waals surface area contributed by atoms with E-state index in [0.717, 1.165) is 30.6 Å². The third-order valence-corrected chi connectivity index (χ3v) is 4.56. The number of fused-ring (bicyclic) bond motifs is 1. The first-order chi connectivity index (χ1) is 9.76. The molecule has 2 unspecified atom stereocenters. The molecule has 1 aromatic carbocycles. The number of hydrogen-bond acceptors (Lipinski definition) is 3. The van der Waals surface area contributed by atoms with Crippen LogP contribution in [0.15, 0.2) is 18.2 Å². The van der Waals surface area contributed by atoms with E-state index in [4.69, 9.17) is 9.47 Å². The molecule has 3 heteroatoms. The van der Waals surface area contributed by atoms with Gasteiger partial charge in [-0.25, -0.2) is 0 Å². The first-order valence-corrected chi connectivity index (χ1v) is 7.83. The summed E-state index contributed by atoms with van der Waals surface area (Å²) in [6.07, 6.45) is 5.41. The topological polar surface area (TPSA) is 30.5 Å². The maximum atomic E-state index is 5.89. The summed E-state index contributed by atoms with van der Waals surface area (Å²) in [5, 5.41) is 3.45. The van der Waals surface area contributed by atoms with Crippen LogP contribution in [0.25, 0.3) is 0 Å². The number of nitrogens with one attached hydrogen (secondary N) is 1. The summed E-state index contributed by atoms with van der Waals surface area (Å²) >= 11 is 0. The van der Waals surface area contributed by atoms with Crippen LogP contribution in [0, 0.1) is 11.8 Å². The summed E-state index contributed by atoms with van der Waals surface area (Å²) in [7, 11) is 2.05. The van der Waals surface area contributed by atoms with Crippen molar-refractivity contribution >= 4 is 0 Å². The normalized spacial score (nSPS) is 23.8. The third-order valence-electron chi connectivity index (χ3n) is 4.56. The van der Waals surface area contributed by atoms with Gasteiger partial charge in [-0.05, 0) is 37.1 Å². The fourth-order valence-electron chi connectivity index (χ4n) is 2.97. The van der Waals surface area contributed by atoms with Crippen molar-refractivity contribution in [3.8, 4) is 11.5 Å². The van der Waals surface area contributed by atoms with Gasteiger partial charge in [0.05, 0.1) is 13.2 Å². The summed E-state index contributed by atoms with van der Waals surface area (Å²) < 4.78 is 11.7. The van der Waals surface area contributed by atoms with Crippen molar-refractivity contribution in [2.45, 2.75) is 38.6 Å². The van der Waals surface area contributed by atoms with E-state index in [1.807, 2.05) is 0 Å². The molecule has 1 aliphatic carbocycles. The van der Waals surface area contributed by atoms with Crippen molar-refractivity contribution in [3.05, 3.63) is 23.8 Å². The Kier molecular flexibility index (Phi) is 4.16. The maximum Gasteiger partial charge on any atom is 0.161 e. The molecule has 0 amide bonds. The molecule has 1 N–H and O–H groups in total. The van der Waals surface area contributed by atoms with Crippen molar-refractivity contribution in [2.24, 2.45) is 11.8 Å². The van der Waals surface area contributed by atoms with E-state index in [2.05, 4.69) is 37.5 Å². The Morgan fingerprint density at radius 1 is 1.20 bits per heavy atom. The van der Waals surface area contributed by atoms with Crippen LogP contribution in [0.3, 0.4) is 0 Å². The molecule has 0 spiro atoms. The summed E-state index contributed by atoms with van der Waals surface area (Å²) in [6, 6.07) is 6.83. The molecule has 0 radical (unpaired) electrons. The fraction of sp³-hybridized carbons (Fsp3) is 0.647. The lowest BCUT2D eigenvalue weighted by Gasteiger charge is -2.30. The molecule has 1 fully saturated rings. The van der Waals surface area contributed by atoms with Crippen molar-refractivity contribution in [3.63, 3.8) is 0 Å². The minimum atomic E-state index is 0.426. The summed E-state index contributed by atoms with van der Waals surface area (Å²) in [4.78, 5) is 0. The molecular formula is C17H25NO2. The second-order valence-electron chi connectivity index (χ2n) is 6.31. The molecule has 1 saturated carbocycles. The van der Waals surface area contributed by atoms with Gasteiger partial charge in [0.1, 0.15) is 0 Å². The highest BCUT2D eigenvalue weighted by atomic mass is 16.5. The van der Waals surface area contributed by atoms with Crippen molar-refractivity contribution < 1.29 is 9.47 Å². The van der Waals surface area contributed by atoms with E-state index in [0.29, 0.717) is 12.0 Å². The quantitative estimate of drug-likeness (QED) is 0.911. The Morgan fingerprint density at radius 2 is 1.95 bits per heavy atom. The van der Waals surface area contributed by atoms with Gasteiger partial charge in [0.25, 0.3) is 0 Å². The third kappa shape index (κ3) is 2.93. The van der Waals surface area contributed by atoms with Gasteiger partial charge in [-0.3, -0.25) is 0 Å². The van der Waals surface area contributed by atoms with Crippen LogP contribution in [0.4, 0.5) is 0 Å². The van der Waals surface area contributed by atoms with Gasteiger partial charge in [0, 0.05) is 12.0 Å². The molecule has 2 aliphatic rings. The van der Waals surface area contributed by atoms with E-state index >= 15 is 0 Å². The van der Waals surface area contributed by atoms with Crippen LogP contribution in [0.5, 0.6) is 11.5 Å². The average molecular weight is 275 g/mol. The number of benzene rings is 1. The SMILES string of the molecule is CNC(CC1CCC1)c1ccc2c(c1)OCC(C)CO2. The highest BCUT2D eigenvalue weighted by Crippen LogP contribution is 2.37. The molecule has 3 nitrogen and oxygen atoms in total. The minimum Gasteiger partial charge on any atom is -0.489 e. The Balaban J connectivity index is 1.76. The zero-order chi connectivity index (χ0) is 13.9. The molecule has 1 aromatic rings. The zero-order valence-electron chi connectivity index (χ0n) is 12.5. The van der Waals surface area contributed by atoms with E-state index in [1.54, 1.807) is 0 Å². The minimum absolute atomic E-state index is 0.426. The van der Waals surface area contributed by atoms with Crippen LogP contribution in [-0.2, 0) is 0 Å². The average Bonchev–Trinajstić information content (AvgIpc) is 2.60.